The molecule has 1 aliphatic rings. The van der Waals surface area contributed by atoms with Gasteiger partial charge in [-0.2, -0.15) is 0 Å². The molecule has 0 atom stereocenters. The number of rotatable bonds is 4. The zero-order valence-electron chi connectivity index (χ0n) is 13.2. The SMILES string of the molecule is CN(C)c1ccc(/C=C2\SC(=S)N(Cc3ccco3)C2=O)cc1Br. The van der Waals surface area contributed by atoms with E-state index >= 15 is 0 Å². The number of anilines is 1. The first-order valence-corrected chi connectivity index (χ1v) is 9.22. The van der Waals surface area contributed by atoms with Crippen LogP contribution >= 0.6 is 39.9 Å². The Morgan fingerprint density at radius 3 is 2.79 bits per heavy atom. The van der Waals surface area contributed by atoms with E-state index in [1.807, 2.05) is 49.3 Å². The van der Waals surface area contributed by atoms with Crippen LogP contribution in [0.2, 0.25) is 0 Å². The van der Waals surface area contributed by atoms with Crippen molar-refractivity contribution in [3.63, 3.8) is 0 Å². The number of halogens is 1. The monoisotopic (exact) mass is 422 g/mol. The molecule has 4 nitrogen and oxygen atoms in total. The molecule has 1 aromatic heterocycles. The molecule has 3 rings (SSSR count). The number of carbonyl (C=O) groups excluding carboxylic acids is 1. The Morgan fingerprint density at radius 2 is 2.17 bits per heavy atom. The summed E-state index contributed by atoms with van der Waals surface area (Å²) in [5, 5.41) is 0. The standard InChI is InChI=1S/C17H15BrN2O2S2/c1-19(2)14-6-5-11(8-13(14)18)9-15-16(21)20(17(23)24-15)10-12-4-3-7-22-12/h3-9H,10H2,1-2H3/b15-9-. The van der Waals surface area contributed by atoms with E-state index in [1.54, 1.807) is 17.2 Å². The van der Waals surface area contributed by atoms with Crippen LogP contribution in [0.15, 0.2) is 50.4 Å². The van der Waals surface area contributed by atoms with Crippen molar-refractivity contribution in [2.24, 2.45) is 0 Å². The zero-order chi connectivity index (χ0) is 17.3. The van der Waals surface area contributed by atoms with E-state index in [2.05, 4.69) is 15.9 Å². The minimum absolute atomic E-state index is 0.0887. The van der Waals surface area contributed by atoms with Crippen LogP contribution in [-0.4, -0.2) is 29.2 Å². The molecule has 1 aliphatic heterocycles. The Bertz CT molecular complexity index is 816. The molecule has 0 unspecified atom stereocenters. The molecule has 1 amide bonds. The Labute approximate surface area is 158 Å². The quantitative estimate of drug-likeness (QED) is 0.534. The van der Waals surface area contributed by atoms with Gasteiger partial charge in [0.1, 0.15) is 10.1 Å². The minimum atomic E-state index is -0.0887. The molecular formula is C17H15BrN2O2S2. The summed E-state index contributed by atoms with van der Waals surface area (Å²) in [6, 6.07) is 9.62. The predicted molar refractivity (Wildman–Crippen MR) is 106 cm³/mol. The van der Waals surface area contributed by atoms with Crippen LogP contribution < -0.4 is 4.90 Å². The number of thioether (sulfide) groups is 1. The van der Waals surface area contributed by atoms with Crippen LogP contribution in [0.5, 0.6) is 0 Å². The van der Waals surface area contributed by atoms with Crippen molar-refractivity contribution in [3.05, 3.63) is 57.3 Å². The number of nitrogens with zero attached hydrogens (tertiary/aromatic N) is 2. The fourth-order valence-electron chi connectivity index (χ4n) is 2.32. The van der Waals surface area contributed by atoms with E-state index in [4.69, 9.17) is 16.6 Å². The molecule has 0 bridgehead atoms. The lowest BCUT2D eigenvalue weighted by molar-refractivity contribution is -0.122. The van der Waals surface area contributed by atoms with Gasteiger partial charge < -0.3 is 9.32 Å². The van der Waals surface area contributed by atoms with Crippen molar-refractivity contribution in [1.29, 1.82) is 0 Å². The molecular weight excluding hydrogens is 408 g/mol. The number of furan rings is 1. The maximum Gasteiger partial charge on any atom is 0.266 e. The van der Waals surface area contributed by atoms with Crippen LogP contribution in [0.25, 0.3) is 6.08 Å². The molecule has 2 heterocycles. The summed E-state index contributed by atoms with van der Waals surface area (Å²) >= 11 is 10.2. The van der Waals surface area contributed by atoms with Gasteiger partial charge in [-0.05, 0) is 51.8 Å². The lowest BCUT2D eigenvalue weighted by atomic mass is 10.2. The average Bonchev–Trinajstić information content (AvgIpc) is 3.12. The highest BCUT2D eigenvalue weighted by Crippen LogP contribution is 2.34. The van der Waals surface area contributed by atoms with E-state index in [-0.39, 0.29) is 5.91 Å². The van der Waals surface area contributed by atoms with Crippen molar-refractivity contribution in [2.75, 3.05) is 19.0 Å². The first-order valence-electron chi connectivity index (χ1n) is 7.20. The second-order valence-electron chi connectivity index (χ2n) is 5.45. The first-order chi connectivity index (χ1) is 11.5. The van der Waals surface area contributed by atoms with Gasteiger partial charge in [-0.25, -0.2) is 0 Å². The van der Waals surface area contributed by atoms with Gasteiger partial charge >= 0.3 is 0 Å². The summed E-state index contributed by atoms with van der Waals surface area (Å²) in [4.78, 5) is 16.8. The predicted octanol–water partition coefficient (Wildman–Crippen LogP) is 4.51. The molecule has 0 aliphatic carbocycles. The number of benzene rings is 1. The van der Waals surface area contributed by atoms with Crippen LogP contribution in [0, 0.1) is 0 Å². The summed E-state index contributed by atoms with van der Waals surface area (Å²) in [7, 11) is 3.97. The fraction of sp³-hybridized carbons (Fsp3) is 0.176. The summed E-state index contributed by atoms with van der Waals surface area (Å²) in [6.07, 6.45) is 3.46. The molecule has 1 fully saturated rings. The van der Waals surface area contributed by atoms with E-state index in [9.17, 15) is 4.79 Å². The molecule has 124 valence electrons. The largest absolute Gasteiger partial charge is 0.467 e. The van der Waals surface area contributed by atoms with Gasteiger partial charge in [0, 0.05) is 18.6 Å². The lowest BCUT2D eigenvalue weighted by Gasteiger charge is -2.14. The van der Waals surface area contributed by atoms with E-state index in [0.29, 0.717) is 21.5 Å². The highest BCUT2D eigenvalue weighted by molar-refractivity contribution is 9.10. The minimum Gasteiger partial charge on any atom is -0.467 e. The lowest BCUT2D eigenvalue weighted by Crippen LogP contribution is -2.27. The fourth-order valence-corrected chi connectivity index (χ4v) is 4.33. The maximum atomic E-state index is 12.6. The van der Waals surface area contributed by atoms with Gasteiger partial charge in [0.25, 0.3) is 5.91 Å². The number of thiocarbonyl (C=S) groups is 1. The van der Waals surface area contributed by atoms with Crippen LogP contribution in [0.1, 0.15) is 11.3 Å². The summed E-state index contributed by atoms with van der Waals surface area (Å²) in [5.41, 5.74) is 2.03. The molecule has 7 heteroatoms. The van der Waals surface area contributed by atoms with Gasteiger partial charge in [0.05, 0.1) is 23.4 Å². The molecule has 0 saturated carbocycles. The molecule has 1 saturated heterocycles. The summed E-state index contributed by atoms with van der Waals surface area (Å²) in [5.74, 6) is 0.625. The average molecular weight is 423 g/mol. The number of hydrogen-bond acceptors (Lipinski definition) is 5. The zero-order valence-corrected chi connectivity index (χ0v) is 16.4. The van der Waals surface area contributed by atoms with E-state index in [0.717, 1.165) is 15.7 Å². The number of amides is 1. The van der Waals surface area contributed by atoms with Gasteiger partial charge in [0.2, 0.25) is 0 Å². The van der Waals surface area contributed by atoms with Gasteiger partial charge in [-0.15, -0.1) is 0 Å². The highest BCUT2D eigenvalue weighted by Gasteiger charge is 2.32. The van der Waals surface area contributed by atoms with Crippen LogP contribution in [-0.2, 0) is 11.3 Å². The molecule has 24 heavy (non-hydrogen) atoms. The third-order valence-electron chi connectivity index (χ3n) is 3.52. The number of hydrogen-bond donors (Lipinski definition) is 0. The van der Waals surface area contributed by atoms with Gasteiger partial charge in [-0.3, -0.25) is 9.69 Å². The van der Waals surface area contributed by atoms with Gasteiger partial charge in [0.15, 0.2) is 0 Å². The van der Waals surface area contributed by atoms with Crippen molar-refractivity contribution in [3.8, 4) is 0 Å². The van der Waals surface area contributed by atoms with E-state index in [1.165, 1.54) is 11.8 Å². The van der Waals surface area contributed by atoms with Crippen molar-refractivity contribution in [1.82, 2.24) is 4.90 Å². The third kappa shape index (κ3) is 3.58. The summed E-state index contributed by atoms with van der Waals surface area (Å²) in [6.45, 7) is 0.359. The Kier molecular flexibility index (Phi) is 5.12. The Morgan fingerprint density at radius 1 is 1.38 bits per heavy atom. The van der Waals surface area contributed by atoms with Crippen LogP contribution in [0.4, 0.5) is 5.69 Å². The highest BCUT2D eigenvalue weighted by atomic mass is 79.9. The first kappa shape index (κ1) is 17.3. The third-order valence-corrected chi connectivity index (χ3v) is 5.53. The molecule has 0 N–H and O–H groups in total. The molecule has 0 radical (unpaired) electrons. The second kappa shape index (κ2) is 7.13. The van der Waals surface area contributed by atoms with Crippen molar-refractivity contribution in [2.45, 2.75) is 6.54 Å². The van der Waals surface area contributed by atoms with Crippen molar-refractivity contribution < 1.29 is 9.21 Å². The van der Waals surface area contributed by atoms with Gasteiger partial charge in [-0.1, -0.05) is 30.0 Å². The second-order valence-corrected chi connectivity index (χ2v) is 7.98. The van der Waals surface area contributed by atoms with Crippen LogP contribution in [0.3, 0.4) is 0 Å². The normalized spacial score (nSPS) is 16.3. The smallest absolute Gasteiger partial charge is 0.266 e. The summed E-state index contributed by atoms with van der Waals surface area (Å²) < 4.78 is 6.83. The Balaban J connectivity index is 1.82. The molecule has 1 aromatic carbocycles. The molecule has 2 aromatic rings. The molecule has 0 spiro atoms. The maximum absolute atomic E-state index is 12.6. The van der Waals surface area contributed by atoms with E-state index < -0.39 is 0 Å². The topological polar surface area (TPSA) is 36.7 Å². The van der Waals surface area contributed by atoms with Crippen molar-refractivity contribution >= 4 is 61.9 Å². The Hall–Kier alpha value is -1.57. The number of carbonyl (C=O) groups is 1.